The van der Waals surface area contributed by atoms with Crippen LogP contribution in [0.3, 0.4) is 0 Å². The summed E-state index contributed by atoms with van der Waals surface area (Å²) in [4.78, 5) is 24.1. The lowest BCUT2D eigenvalue weighted by atomic mass is 10.1. The third-order valence-electron chi connectivity index (χ3n) is 3.69. The Hall–Kier alpha value is -2.86. The molecule has 0 aromatic heterocycles. The highest BCUT2D eigenvalue weighted by molar-refractivity contribution is 5.96. The van der Waals surface area contributed by atoms with Gasteiger partial charge in [0.2, 0.25) is 5.91 Å². The highest BCUT2D eigenvalue weighted by Crippen LogP contribution is 2.12. The Labute approximate surface area is 160 Å². The van der Waals surface area contributed by atoms with E-state index in [0.29, 0.717) is 17.8 Å². The Morgan fingerprint density at radius 3 is 2.15 bits per heavy atom. The lowest BCUT2D eigenvalue weighted by Gasteiger charge is -2.20. The molecule has 0 saturated heterocycles. The standard InChI is InChI=1S/C21H27N3O3/c1-21(2,3)24-20(26)16-7-9-17(10-8-16)23-19(25)14-22-13-15-5-11-18(27-4)12-6-15/h5-12,22H,13-14H2,1-4H3,(H,23,25)(H,24,26). The Kier molecular flexibility index (Phi) is 6.96. The van der Waals surface area contributed by atoms with E-state index in [1.807, 2.05) is 45.0 Å². The van der Waals surface area contributed by atoms with Crippen molar-refractivity contribution in [3.63, 3.8) is 0 Å². The van der Waals surface area contributed by atoms with Gasteiger partial charge in [-0.15, -0.1) is 0 Å². The minimum absolute atomic E-state index is 0.137. The van der Waals surface area contributed by atoms with Gasteiger partial charge in [0.15, 0.2) is 0 Å². The number of ether oxygens (including phenoxy) is 1. The highest BCUT2D eigenvalue weighted by Gasteiger charge is 2.15. The van der Waals surface area contributed by atoms with E-state index in [0.717, 1.165) is 11.3 Å². The van der Waals surface area contributed by atoms with Crippen molar-refractivity contribution in [1.82, 2.24) is 10.6 Å². The van der Waals surface area contributed by atoms with Crippen LogP contribution in [0, 0.1) is 0 Å². The lowest BCUT2D eigenvalue weighted by molar-refractivity contribution is -0.115. The van der Waals surface area contributed by atoms with E-state index in [9.17, 15) is 9.59 Å². The fourth-order valence-corrected chi connectivity index (χ4v) is 2.39. The highest BCUT2D eigenvalue weighted by atomic mass is 16.5. The maximum absolute atomic E-state index is 12.1. The predicted molar refractivity (Wildman–Crippen MR) is 107 cm³/mol. The molecule has 0 atom stereocenters. The van der Waals surface area contributed by atoms with Crippen molar-refractivity contribution in [1.29, 1.82) is 0 Å². The van der Waals surface area contributed by atoms with Crippen LogP contribution in [-0.4, -0.2) is 31.0 Å². The molecule has 3 N–H and O–H groups in total. The molecule has 2 aromatic carbocycles. The number of methoxy groups -OCH3 is 1. The summed E-state index contributed by atoms with van der Waals surface area (Å²) in [6, 6.07) is 14.5. The van der Waals surface area contributed by atoms with Gasteiger partial charge in [0.25, 0.3) is 5.91 Å². The Morgan fingerprint density at radius 1 is 0.963 bits per heavy atom. The number of rotatable bonds is 7. The zero-order valence-corrected chi connectivity index (χ0v) is 16.3. The summed E-state index contributed by atoms with van der Waals surface area (Å²) in [6.45, 7) is 6.57. The summed E-state index contributed by atoms with van der Waals surface area (Å²) in [6.07, 6.45) is 0. The Bertz CT molecular complexity index is 763. The van der Waals surface area contributed by atoms with E-state index in [4.69, 9.17) is 4.74 Å². The molecule has 6 heteroatoms. The summed E-state index contributed by atoms with van der Waals surface area (Å²) in [5.74, 6) is 0.521. The van der Waals surface area contributed by atoms with Crippen LogP contribution in [0.2, 0.25) is 0 Å². The van der Waals surface area contributed by atoms with Crippen LogP contribution >= 0.6 is 0 Å². The zero-order chi connectivity index (χ0) is 19.9. The lowest BCUT2D eigenvalue weighted by Crippen LogP contribution is -2.40. The number of hydrogen-bond acceptors (Lipinski definition) is 4. The molecule has 2 amide bonds. The molecule has 0 heterocycles. The fraction of sp³-hybridized carbons (Fsp3) is 0.333. The van der Waals surface area contributed by atoms with E-state index in [-0.39, 0.29) is 23.9 Å². The van der Waals surface area contributed by atoms with Gasteiger partial charge in [-0.2, -0.15) is 0 Å². The second-order valence-electron chi connectivity index (χ2n) is 7.28. The first-order valence-electron chi connectivity index (χ1n) is 8.83. The first-order chi connectivity index (χ1) is 12.8. The summed E-state index contributed by atoms with van der Waals surface area (Å²) in [7, 11) is 1.63. The molecular formula is C21H27N3O3. The van der Waals surface area contributed by atoms with Gasteiger partial charge < -0.3 is 20.7 Å². The van der Waals surface area contributed by atoms with E-state index in [1.165, 1.54) is 0 Å². The van der Waals surface area contributed by atoms with Gasteiger partial charge >= 0.3 is 0 Å². The van der Waals surface area contributed by atoms with E-state index >= 15 is 0 Å². The summed E-state index contributed by atoms with van der Waals surface area (Å²) in [5, 5.41) is 8.81. The molecule has 0 fully saturated rings. The molecule has 27 heavy (non-hydrogen) atoms. The molecule has 0 unspecified atom stereocenters. The van der Waals surface area contributed by atoms with Crippen molar-refractivity contribution in [3.05, 3.63) is 59.7 Å². The smallest absolute Gasteiger partial charge is 0.251 e. The maximum Gasteiger partial charge on any atom is 0.251 e. The average Bonchev–Trinajstić information content (AvgIpc) is 2.61. The van der Waals surface area contributed by atoms with Gasteiger partial charge in [0, 0.05) is 23.3 Å². The van der Waals surface area contributed by atoms with Gasteiger partial charge in [-0.05, 0) is 62.7 Å². The molecule has 0 aliphatic carbocycles. The van der Waals surface area contributed by atoms with Crippen LogP contribution in [0.4, 0.5) is 5.69 Å². The number of nitrogens with one attached hydrogen (secondary N) is 3. The van der Waals surface area contributed by atoms with Gasteiger partial charge in [-0.25, -0.2) is 0 Å². The third-order valence-corrected chi connectivity index (χ3v) is 3.69. The Morgan fingerprint density at radius 2 is 1.59 bits per heavy atom. The number of hydrogen-bond donors (Lipinski definition) is 3. The molecule has 6 nitrogen and oxygen atoms in total. The first kappa shape index (κ1) is 20.5. The summed E-state index contributed by atoms with van der Waals surface area (Å²) >= 11 is 0. The molecule has 2 aromatic rings. The first-order valence-corrected chi connectivity index (χ1v) is 8.83. The second kappa shape index (κ2) is 9.19. The molecule has 0 aliphatic rings. The van der Waals surface area contributed by atoms with Gasteiger partial charge in [0.1, 0.15) is 5.75 Å². The van der Waals surface area contributed by atoms with Gasteiger partial charge in [0.05, 0.1) is 13.7 Å². The monoisotopic (exact) mass is 369 g/mol. The molecule has 0 aliphatic heterocycles. The minimum Gasteiger partial charge on any atom is -0.497 e. The number of amides is 2. The molecule has 2 rings (SSSR count). The molecule has 144 valence electrons. The quantitative estimate of drug-likeness (QED) is 0.701. The Balaban J connectivity index is 1.78. The van der Waals surface area contributed by atoms with Gasteiger partial charge in [-0.1, -0.05) is 12.1 Å². The third kappa shape index (κ3) is 7.11. The van der Waals surface area contributed by atoms with Crippen LogP contribution in [0.5, 0.6) is 5.75 Å². The van der Waals surface area contributed by atoms with Crippen LogP contribution in [-0.2, 0) is 11.3 Å². The van der Waals surface area contributed by atoms with E-state index < -0.39 is 0 Å². The second-order valence-corrected chi connectivity index (χ2v) is 7.28. The predicted octanol–water partition coefficient (Wildman–Crippen LogP) is 2.95. The van der Waals surface area contributed by atoms with Crippen molar-refractivity contribution < 1.29 is 14.3 Å². The largest absolute Gasteiger partial charge is 0.497 e. The van der Waals surface area contributed by atoms with Crippen molar-refractivity contribution in [2.24, 2.45) is 0 Å². The summed E-state index contributed by atoms with van der Waals surface area (Å²) < 4.78 is 5.12. The SMILES string of the molecule is COc1ccc(CNCC(=O)Nc2ccc(C(=O)NC(C)(C)C)cc2)cc1. The number of benzene rings is 2. The minimum atomic E-state index is -0.292. The molecule has 0 spiro atoms. The molecule has 0 saturated carbocycles. The van der Waals surface area contributed by atoms with Crippen molar-refractivity contribution >= 4 is 17.5 Å². The topological polar surface area (TPSA) is 79.5 Å². The average molecular weight is 369 g/mol. The van der Waals surface area contributed by atoms with Crippen molar-refractivity contribution in [3.8, 4) is 5.75 Å². The van der Waals surface area contributed by atoms with Crippen LogP contribution in [0.25, 0.3) is 0 Å². The number of carbonyl (C=O) groups excluding carboxylic acids is 2. The molecule has 0 radical (unpaired) electrons. The van der Waals surface area contributed by atoms with Crippen LogP contribution < -0.4 is 20.7 Å². The fourth-order valence-electron chi connectivity index (χ4n) is 2.39. The zero-order valence-electron chi connectivity index (χ0n) is 16.3. The maximum atomic E-state index is 12.1. The number of carbonyl (C=O) groups is 2. The molecular weight excluding hydrogens is 342 g/mol. The van der Waals surface area contributed by atoms with E-state index in [1.54, 1.807) is 31.4 Å². The van der Waals surface area contributed by atoms with Crippen molar-refractivity contribution in [2.75, 3.05) is 19.0 Å². The van der Waals surface area contributed by atoms with Gasteiger partial charge in [-0.3, -0.25) is 9.59 Å². The van der Waals surface area contributed by atoms with E-state index in [2.05, 4.69) is 16.0 Å². The molecule has 0 bridgehead atoms. The number of anilines is 1. The van der Waals surface area contributed by atoms with Crippen molar-refractivity contribution in [2.45, 2.75) is 32.9 Å². The normalized spacial score (nSPS) is 11.0. The van der Waals surface area contributed by atoms with Crippen LogP contribution in [0.1, 0.15) is 36.7 Å². The summed E-state index contributed by atoms with van der Waals surface area (Å²) in [5.41, 5.74) is 1.98. The van der Waals surface area contributed by atoms with Crippen LogP contribution in [0.15, 0.2) is 48.5 Å².